The lowest BCUT2D eigenvalue weighted by molar-refractivity contribution is 0.387. The van der Waals surface area contributed by atoms with Crippen LogP contribution in [0, 0.1) is 86.9 Å². The van der Waals surface area contributed by atoms with Crippen LogP contribution in [0.15, 0.2) is 54.6 Å². The van der Waals surface area contributed by atoms with Gasteiger partial charge in [-0.2, -0.15) is 0 Å². The fraction of sp³-hybridized carbons (Fsp3) is 0.634. The van der Waals surface area contributed by atoms with Crippen LogP contribution in [-0.4, -0.2) is 0 Å². The van der Waals surface area contributed by atoms with Gasteiger partial charge in [0.15, 0.2) is 0 Å². The van der Waals surface area contributed by atoms with Crippen molar-refractivity contribution in [1.29, 1.82) is 0 Å². The highest BCUT2D eigenvalue weighted by atomic mass is 19.1. The van der Waals surface area contributed by atoms with E-state index in [4.69, 9.17) is 0 Å². The van der Waals surface area contributed by atoms with E-state index in [0.29, 0.717) is 40.9 Å². The molecule has 83 heavy (non-hydrogen) atoms. The van der Waals surface area contributed by atoms with Gasteiger partial charge in [-0.05, 0) is 261 Å². The fourth-order valence-electron chi connectivity index (χ4n) is 12.3. The Bertz CT molecular complexity index is 2850. The minimum absolute atomic E-state index is 0.0597. The number of halogens is 1. The van der Waals surface area contributed by atoms with E-state index in [1.807, 2.05) is 26.8 Å². The summed E-state index contributed by atoms with van der Waals surface area (Å²) in [5.74, 6) is 3.80. The SMILES string of the molecule is CCC(C)(CC)c1cc(C)c(C)c(C(C)(C)C)c1.Cc1c(C(C)C)cc(C(C)C)cc1C(C)(C)C.Cc1cc(C(C(C)C)C(C)C)cc(C(C)(C)C)c1C.Cc1cc(C(C)(C)C)c(C)c(C)c1F.Cc1cc(C(C)C)cc(C(C)(C)C)c1C. The van der Waals surface area contributed by atoms with E-state index in [1.54, 1.807) is 0 Å². The molecule has 0 saturated heterocycles. The van der Waals surface area contributed by atoms with Gasteiger partial charge in [0.25, 0.3) is 0 Å². The predicted molar refractivity (Wildman–Crippen MR) is 376 cm³/mol. The highest BCUT2D eigenvalue weighted by Gasteiger charge is 2.28. The first-order chi connectivity index (χ1) is 37.3. The Labute approximate surface area is 517 Å². The molecule has 0 saturated carbocycles. The van der Waals surface area contributed by atoms with Crippen LogP contribution < -0.4 is 0 Å². The van der Waals surface area contributed by atoms with E-state index in [9.17, 15) is 4.39 Å². The Morgan fingerprint density at radius 1 is 0.313 bits per heavy atom. The maximum Gasteiger partial charge on any atom is 0.129 e. The molecule has 0 nitrogen and oxygen atoms in total. The highest BCUT2D eigenvalue weighted by Crippen LogP contribution is 2.40. The zero-order valence-corrected chi connectivity index (χ0v) is 62.0. The van der Waals surface area contributed by atoms with E-state index in [2.05, 4.69) is 291 Å². The largest absolute Gasteiger partial charge is 0.206 e. The first-order valence-corrected chi connectivity index (χ1v) is 32.6. The average molecular weight is 1140 g/mol. The van der Waals surface area contributed by atoms with Crippen LogP contribution in [0.5, 0.6) is 0 Å². The van der Waals surface area contributed by atoms with Gasteiger partial charge in [-0.1, -0.05) is 248 Å². The van der Waals surface area contributed by atoms with Crippen molar-refractivity contribution in [3.05, 3.63) is 172 Å². The van der Waals surface area contributed by atoms with Crippen LogP contribution in [0.3, 0.4) is 0 Å². The summed E-state index contributed by atoms with van der Waals surface area (Å²) in [5.41, 5.74) is 28.9. The molecule has 5 aromatic rings. The van der Waals surface area contributed by atoms with Gasteiger partial charge in [-0.15, -0.1) is 0 Å². The zero-order valence-electron chi connectivity index (χ0n) is 62.0. The van der Waals surface area contributed by atoms with Gasteiger partial charge in [0, 0.05) is 0 Å². The van der Waals surface area contributed by atoms with Crippen LogP contribution in [0.4, 0.5) is 4.39 Å². The Hall–Kier alpha value is -3.97. The molecule has 0 heterocycles. The molecular weight excluding hydrogens is 1000 g/mol. The summed E-state index contributed by atoms with van der Waals surface area (Å²) in [6.45, 7) is 85.6. The second kappa shape index (κ2) is 30.1. The molecule has 0 aliphatic rings. The van der Waals surface area contributed by atoms with Crippen molar-refractivity contribution >= 4 is 0 Å². The highest BCUT2D eigenvalue weighted by molar-refractivity contribution is 5.47. The summed E-state index contributed by atoms with van der Waals surface area (Å²) in [6.07, 6.45) is 2.41. The second-order valence-corrected chi connectivity index (χ2v) is 32.6. The average Bonchev–Trinajstić information content (AvgIpc) is 3.53. The smallest absolute Gasteiger partial charge is 0.129 e. The molecular formula is C82H133F. The quantitative estimate of drug-likeness (QED) is 0.138. The number of hydrogen-bond donors (Lipinski definition) is 0. The van der Waals surface area contributed by atoms with E-state index < -0.39 is 0 Å². The van der Waals surface area contributed by atoms with Crippen molar-refractivity contribution in [3.63, 3.8) is 0 Å². The van der Waals surface area contributed by atoms with Gasteiger partial charge in [-0.25, -0.2) is 4.39 Å². The minimum Gasteiger partial charge on any atom is -0.206 e. The van der Waals surface area contributed by atoms with Crippen molar-refractivity contribution in [2.24, 2.45) is 11.8 Å². The summed E-state index contributed by atoms with van der Waals surface area (Å²) in [5, 5.41) is 0. The van der Waals surface area contributed by atoms with Crippen molar-refractivity contribution in [3.8, 4) is 0 Å². The second-order valence-electron chi connectivity index (χ2n) is 32.6. The predicted octanol–water partition coefficient (Wildman–Crippen LogP) is 26.0. The molecule has 0 spiro atoms. The summed E-state index contributed by atoms with van der Waals surface area (Å²) < 4.78 is 13.6. The van der Waals surface area contributed by atoms with E-state index in [1.165, 1.54) is 107 Å². The maximum atomic E-state index is 13.6. The first kappa shape index (κ1) is 77.0. The number of rotatable bonds is 9. The van der Waals surface area contributed by atoms with Gasteiger partial charge >= 0.3 is 0 Å². The Balaban J connectivity index is 0.000000521. The summed E-state index contributed by atoms with van der Waals surface area (Å²) in [4.78, 5) is 0. The molecule has 0 N–H and O–H groups in total. The van der Waals surface area contributed by atoms with Gasteiger partial charge in [0.2, 0.25) is 0 Å². The topological polar surface area (TPSA) is 0 Å². The van der Waals surface area contributed by atoms with Crippen molar-refractivity contribution in [1.82, 2.24) is 0 Å². The molecule has 0 aromatic heterocycles. The van der Waals surface area contributed by atoms with Gasteiger partial charge < -0.3 is 0 Å². The number of benzene rings is 5. The van der Waals surface area contributed by atoms with Crippen LogP contribution in [0.25, 0.3) is 0 Å². The Morgan fingerprint density at radius 3 is 0.940 bits per heavy atom. The van der Waals surface area contributed by atoms with E-state index >= 15 is 0 Å². The molecule has 0 aliphatic carbocycles. The maximum absolute atomic E-state index is 13.6. The molecule has 0 bridgehead atoms. The number of aryl methyl sites for hydroxylation is 4. The number of hydrogen-bond acceptors (Lipinski definition) is 0. The van der Waals surface area contributed by atoms with E-state index in [-0.39, 0.29) is 32.9 Å². The van der Waals surface area contributed by atoms with Crippen LogP contribution in [0.2, 0.25) is 0 Å². The first-order valence-electron chi connectivity index (χ1n) is 32.6. The van der Waals surface area contributed by atoms with Crippen LogP contribution >= 0.6 is 0 Å². The third-order valence-corrected chi connectivity index (χ3v) is 18.6. The monoisotopic (exact) mass is 1140 g/mol. The van der Waals surface area contributed by atoms with Gasteiger partial charge in [0.1, 0.15) is 5.82 Å². The third kappa shape index (κ3) is 21.2. The fourth-order valence-corrected chi connectivity index (χ4v) is 12.3. The summed E-state index contributed by atoms with van der Waals surface area (Å²) in [6, 6.07) is 21.2. The standard InChI is InChI=1S/C19H32.C18H30.C17H28.C15H24.C13H19F/c1-12(2)18(13(3)4)16-10-14(5)15(6)17(11-16)19(7,8)9;1-9-18(8,10-2)15-11-13(3)14(4)16(12-15)17(5,6)7;1-11(2)14-9-15(12(3)4)13(5)16(10-14)17(6,7)8;1-10(2)13-8-11(3)12(4)14(9-13)15(5,6)7;1-8-7-11(13(4,5)6)9(2)10(3)12(8)14/h10-13,18H,1-9H3;11-12H,9-10H2,1-8H3;9-12H,1-8H3;8-10H,1-7H3;7H,1-6H3. The lowest BCUT2D eigenvalue weighted by Gasteiger charge is -2.31. The molecule has 0 atom stereocenters. The molecule has 0 amide bonds. The molecule has 0 unspecified atom stereocenters. The van der Waals surface area contributed by atoms with Crippen molar-refractivity contribution < 1.29 is 4.39 Å². The van der Waals surface area contributed by atoms with Crippen molar-refractivity contribution in [2.75, 3.05) is 0 Å². The molecule has 0 radical (unpaired) electrons. The molecule has 468 valence electrons. The lowest BCUT2D eigenvalue weighted by atomic mass is 9.73. The zero-order chi connectivity index (χ0) is 65.4. The van der Waals surface area contributed by atoms with E-state index in [0.717, 1.165) is 16.7 Å². The Kier molecular flexibility index (Phi) is 27.9. The molecule has 5 aromatic carbocycles. The van der Waals surface area contributed by atoms with Gasteiger partial charge in [0.05, 0.1) is 0 Å². The van der Waals surface area contributed by atoms with Gasteiger partial charge in [-0.3, -0.25) is 0 Å². The summed E-state index contributed by atoms with van der Waals surface area (Å²) >= 11 is 0. The van der Waals surface area contributed by atoms with Crippen LogP contribution in [0.1, 0.15) is 342 Å². The molecule has 0 aliphatic heterocycles. The lowest BCUT2D eigenvalue weighted by Crippen LogP contribution is -2.22. The molecule has 0 fully saturated rings. The molecule has 1 heteroatoms. The van der Waals surface area contributed by atoms with Crippen LogP contribution in [-0.2, 0) is 32.5 Å². The normalized spacial score (nSPS) is 12.5. The third-order valence-electron chi connectivity index (χ3n) is 18.6. The Morgan fingerprint density at radius 2 is 0.614 bits per heavy atom. The summed E-state index contributed by atoms with van der Waals surface area (Å²) in [7, 11) is 0. The minimum atomic E-state index is -0.0597. The van der Waals surface area contributed by atoms with Crippen molar-refractivity contribution in [2.45, 2.75) is 332 Å². The molecule has 5 rings (SSSR count).